The van der Waals surface area contributed by atoms with Crippen LogP contribution in [-0.2, 0) is 13.1 Å². The van der Waals surface area contributed by atoms with Crippen molar-refractivity contribution in [1.29, 1.82) is 0 Å². The Bertz CT molecular complexity index is 725. The van der Waals surface area contributed by atoms with Crippen LogP contribution in [0.25, 0.3) is 0 Å². The molecule has 140 valence electrons. The van der Waals surface area contributed by atoms with Gasteiger partial charge in [0.05, 0.1) is 0 Å². The van der Waals surface area contributed by atoms with Crippen molar-refractivity contribution in [1.82, 2.24) is 25.4 Å². The minimum Gasteiger partial charge on any atom is -0.369 e. The smallest absolute Gasteiger partial charge is 0.191 e. The molecule has 0 aliphatic carbocycles. The van der Waals surface area contributed by atoms with Crippen molar-refractivity contribution < 1.29 is 0 Å². The Morgan fingerprint density at radius 2 is 2.12 bits per heavy atom. The first-order valence-corrected chi connectivity index (χ1v) is 9.91. The van der Waals surface area contributed by atoms with Gasteiger partial charge in [0.15, 0.2) is 11.8 Å². The van der Waals surface area contributed by atoms with E-state index in [1.54, 1.807) is 6.33 Å². The summed E-state index contributed by atoms with van der Waals surface area (Å²) in [5.74, 6) is 1.72. The van der Waals surface area contributed by atoms with Crippen LogP contribution in [0.15, 0.2) is 40.1 Å². The second kappa shape index (κ2) is 9.02. The van der Waals surface area contributed by atoms with Crippen LogP contribution >= 0.6 is 15.9 Å². The van der Waals surface area contributed by atoms with Gasteiger partial charge in [0, 0.05) is 42.4 Å². The Kier molecular flexibility index (Phi) is 6.49. The number of aliphatic imine (C=N–C) groups is 1. The monoisotopic (exact) mass is 419 g/mol. The molecule has 3 rings (SSSR count). The van der Waals surface area contributed by atoms with E-state index in [1.807, 2.05) is 4.57 Å². The van der Waals surface area contributed by atoms with E-state index < -0.39 is 0 Å². The van der Waals surface area contributed by atoms with Crippen molar-refractivity contribution in [3.05, 3.63) is 40.9 Å². The van der Waals surface area contributed by atoms with Gasteiger partial charge in [-0.05, 0) is 44.5 Å². The molecule has 7 nitrogen and oxygen atoms in total. The zero-order chi connectivity index (χ0) is 18.4. The molecule has 0 amide bonds. The molecule has 1 atom stereocenters. The molecule has 1 saturated heterocycles. The maximum absolute atomic E-state index is 4.68. The van der Waals surface area contributed by atoms with Gasteiger partial charge in [0.1, 0.15) is 12.9 Å². The lowest BCUT2D eigenvalue weighted by atomic mass is 10.3. The molecule has 1 aromatic carbocycles. The van der Waals surface area contributed by atoms with E-state index in [2.05, 4.69) is 84.8 Å². The highest BCUT2D eigenvalue weighted by molar-refractivity contribution is 9.10. The summed E-state index contributed by atoms with van der Waals surface area (Å²) < 4.78 is 3.12. The Labute approximate surface area is 163 Å². The number of aryl methyl sites for hydroxylation is 1. The number of guanidine groups is 1. The zero-order valence-electron chi connectivity index (χ0n) is 15.3. The second-order valence-electron chi connectivity index (χ2n) is 6.28. The lowest BCUT2D eigenvalue weighted by Crippen LogP contribution is -2.44. The first-order chi connectivity index (χ1) is 12.7. The van der Waals surface area contributed by atoms with E-state index in [9.17, 15) is 0 Å². The highest BCUT2D eigenvalue weighted by Gasteiger charge is 2.23. The third-order valence-corrected chi connectivity index (χ3v) is 5.01. The molecular weight excluding hydrogens is 394 g/mol. The molecule has 2 N–H and O–H groups in total. The summed E-state index contributed by atoms with van der Waals surface area (Å²) in [6, 6.07) is 8.87. The van der Waals surface area contributed by atoms with Gasteiger partial charge in [0.25, 0.3) is 0 Å². The van der Waals surface area contributed by atoms with E-state index in [4.69, 9.17) is 0 Å². The standard InChI is InChI=1S/C18H26BrN7/c1-3-20-18(21-11-17-24-22-13-25(17)4-2)23-15-9-10-26(12-15)16-7-5-14(19)6-8-16/h5-8,13,15H,3-4,9-12H2,1-2H3,(H2,20,21,23). The number of hydrogen-bond acceptors (Lipinski definition) is 4. The molecule has 1 aliphatic rings. The van der Waals surface area contributed by atoms with Gasteiger partial charge < -0.3 is 20.1 Å². The number of anilines is 1. The fraction of sp³-hybridized carbons (Fsp3) is 0.500. The molecule has 8 heteroatoms. The second-order valence-corrected chi connectivity index (χ2v) is 7.20. The van der Waals surface area contributed by atoms with Crippen LogP contribution in [0, 0.1) is 0 Å². The van der Waals surface area contributed by atoms with Crippen LogP contribution in [-0.4, -0.2) is 46.4 Å². The van der Waals surface area contributed by atoms with Crippen molar-refractivity contribution in [3.63, 3.8) is 0 Å². The molecule has 0 saturated carbocycles. The number of nitrogens with zero attached hydrogens (tertiary/aromatic N) is 5. The van der Waals surface area contributed by atoms with Crippen LogP contribution < -0.4 is 15.5 Å². The SMILES string of the molecule is CCNC(=NCc1nncn1CC)NC1CCN(c2ccc(Br)cc2)C1. The number of halogens is 1. The maximum Gasteiger partial charge on any atom is 0.191 e. The summed E-state index contributed by atoms with van der Waals surface area (Å²) in [7, 11) is 0. The Hall–Kier alpha value is -2.09. The Balaban J connectivity index is 1.59. The lowest BCUT2D eigenvalue weighted by Gasteiger charge is -2.20. The molecule has 1 fully saturated rings. The normalized spacial score (nSPS) is 17.6. The molecule has 2 aromatic rings. The van der Waals surface area contributed by atoms with E-state index in [0.717, 1.165) is 48.9 Å². The van der Waals surface area contributed by atoms with E-state index >= 15 is 0 Å². The summed E-state index contributed by atoms with van der Waals surface area (Å²) in [6.45, 7) is 8.37. The van der Waals surface area contributed by atoms with Crippen LogP contribution in [0.1, 0.15) is 26.1 Å². The third-order valence-electron chi connectivity index (χ3n) is 4.48. The molecule has 1 aliphatic heterocycles. The van der Waals surface area contributed by atoms with Crippen molar-refractivity contribution in [2.75, 3.05) is 24.5 Å². The van der Waals surface area contributed by atoms with Crippen LogP contribution in [0.2, 0.25) is 0 Å². The van der Waals surface area contributed by atoms with Crippen molar-refractivity contribution in [2.24, 2.45) is 4.99 Å². The predicted molar refractivity (Wildman–Crippen MR) is 108 cm³/mol. The summed E-state index contributed by atoms with van der Waals surface area (Å²) in [5.41, 5.74) is 1.26. The largest absolute Gasteiger partial charge is 0.369 e. The van der Waals surface area contributed by atoms with Crippen LogP contribution in [0.3, 0.4) is 0 Å². The fourth-order valence-corrected chi connectivity index (χ4v) is 3.36. The topological polar surface area (TPSA) is 70.4 Å². The van der Waals surface area contributed by atoms with Gasteiger partial charge in [-0.1, -0.05) is 15.9 Å². The first-order valence-electron chi connectivity index (χ1n) is 9.11. The van der Waals surface area contributed by atoms with Crippen molar-refractivity contribution >= 4 is 27.6 Å². The quantitative estimate of drug-likeness (QED) is 0.555. The molecular formula is C18H26BrN7. The Morgan fingerprint density at radius 1 is 1.31 bits per heavy atom. The van der Waals surface area contributed by atoms with Crippen LogP contribution in [0.4, 0.5) is 5.69 Å². The number of aromatic nitrogens is 3. The van der Waals surface area contributed by atoms with E-state index in [1.165, 1.54) is 5.69 Å². The minimum absolute atomic E-state index is 0.375. The van der Waals surface area contributed by atoms with Gasteiger partial charge in [-0.15, -0.1) is 10.2 Å². The summed E-state index contributed by atoms with van der Waals surface area (Å²) >= 11 is 3.49. The molecule has 26 heavy (non-hydrogen) atoms. The van der Waals surface area contributed by atoms with Gasteiger partial charge in [-0.3, -0.25) is 0 Å². The highest BCUT2D eigenvalue weighted by atomic mass is 79.9. The van der Waals surface area contributed by atoms with Gasteiger partial charge in [-0.25, -0.2) is 4.99 Å². The van der Waals surface area contributed by atoms with Gasteiger partial charge in [0.2, 0.25) is 0 Å². The molecule has 1 aromatic heterocycles. The predicted octanol–water partition coefficient (Wildman–Crippen LogP) is 2.39. The number of nitrogens with one attached hydrogen (secondary N) is 2. The first kappa shape index (κ1) is 18.7. The minimum atomic E-state index is 0.375. The summed E-state index contributed by atoms with van der Waals surface area (Å²) in [6.07, 6.45) is 2.84. The van der Waals surface area contributed by atoms with Gasteiger partial charge >= 0.3 is 0 Å². The third kappa shape index (κ3) is 4.75. The molecule has 0 bridgehead atoms. The average Bonchev–Trinajstić information content (AvgIpc) is 3.29. The lowest BCUT2D eigenvalue weighted by molar-refractivity contribution is 0.644. The number of rotatable bonds is 6. The molecule has 0 spiro atoms. The van der Waals surface area contributed by atoms with E-state index in [0.29, 0.717) is 12.6 Å². The fourth-order valence-electron chi connectivity index (χ4n) is 3.09. The summed E-state index contributed by atoms with van der Waals surface area (Å²) in [5, 5.41) is 15.0. The molecule has 0 radical (unpaired) electrons. The zero-order valence-corrected chi connectivity index (χ0v) is 16.9. The van der Waals surface area contributed by atoms with E-state index in [-0.39, 0.29) is 0 Å². The molecule has 1 unspecified atom stereocenters. The summed E-state index contributed by atoms with van der Waals surface area (Å²) in [4.78, 5) is 7.09. The maximum atomic E-state index is 4.68. The Morgan fingerprint density at radius 3 is 2.85 bits per heavy atom. The van der Waals surface area contributed by atoms with Crippen LogP contribution in [0.5, 0.6) is 0 Å². The number of benzene rings is 1. The average molecular weight is 420 g/mol. The van der Waals surface area contributed by atoms with Gasteiger partial charge in [-0.2, -0.15) is 0 Å². The molecule has 2 heterocycles. The highest BCUT2D eigenvalue weighted by Crippen LogP contribution is 2.22. The number of hydrogen-bond donors (Lipinski definition) is 2. The van der Waals surface area contributed by atoms with Crippen molar-refractivity contribution in [3.8, 4) is 0 Å². The van der Waals surface area contributed by atoms with Crippen molar-refractivity contribution in [2.45, 2.75) is 39.4 Å².